The van der Waals surface area contributed by atoms with Gasteiger partial charge in [-0.15, -0.1) is 0 Å². The number of benzene rings is 1. The molecular weight excluding hydrogens is 212 g/mol. The molecule has 1 N–H and O–H groups in total. The Labute approximate surface area is 98.9 Å². The number of hydrogen-bond acceptors (Lipinski definition) is 2. The summed E-state index contributed by atoms with van der Waals surface area (Å²) >= 11 is 0. The highest BCUT2D eigenvalue weighted by molar-refractivity contribution is 6.21. The third-order valence-corrected chi connectivity index (χ3v) is 3.96. The zero-order chi connectivity index (χ0) is 11.4. The van der Waals surface area contributed by atoms with Gasteiger partial charge in [0.05, 0.1) is 11.3 Å². The highest BCUT2D eigenvalue weighted by Crippen LogP contribution is 2.43. The maximum absolute atomic E-state index is 12.4. The molecule has 3 heteroatoms. The van der Waals surface area contributed by atoms with E-state index in [1.54, 1.807) is 0 Å². The van der Waals surface area contributed by atoms with Gasteiger partial charge in [0.15, 0.2) is 5.78 Å². The molecule has 3 nitrogen and oxygen atoms in total. The zero-order valence-electron chi connectivity index (χ0n) is 9.36. The average Bonchev–Trinajstić information content (AvgIpc) is 2.80. The van der Waals surface area contributed by atoms with Crippen LogP contribution in [0.4, 0.5) is 0 Å². The summed E-state index contributed by atoms with van der Waals surface area (Å²) in [5.74, 6) is 0.663. The molecule has 17 heavy (non-hydrogen) atoms. The normalized spacial score (nSPS) is 17.8. The first kappa shape index (κ1) is 9.16. The SMILES string of the molecule is O=C1c2ccccc2-c2n[nH]c(C3CCC3)c21. The van der Waals surface area contributed by atoms with Crippen LogP contribution in [0.25, 0.3) is 11.3 Å². The zero-order valence-corrected chi connectivity index (χ0v) is 9.36. The number of nitrogens with one attached hydrogen (secondary N) is 1. The van der Waals surface area contributed by atoms with E-state index in [1.165, 1.54) is 19.3 Å². The summed E-state index contributed by atoms with van der Waals surface area (Å²) in [6, 6.07) is 7.74. The molecule has 1 aromatic carbocycles. The summed E-state index contributed by atoms with van der Waals surface area (Å²) in [5, 5.41) is 7.42. The van der Waals surface area contributed by atoms with Gasteiger partial charge in [0.25, 0.3) is 0 Å². The van der Waals surface area contributed by atoms with E-state index in [4.69, 9.17) is 0 Å². The third kappa shape index (κ3) is 1.06. The van der Waals surface area contributed by atoms with Crippen LogP contribution < -0.4 is 0 Å². The lowest BCUT2D eigenvalue weighted by Crippen LogP contribution is -2.12. The minimum Gasteiger partial charge on any atom is -0.288 e. The largest absolute Gasteiger partial charge is 0.288 e. The highest BCUT2D eigenvalue weighted by atomic mass is 16.1. The number of H-pyrrole nitrogens is 1. The molecule has 2 aliphatic carbocycles. The van der Waals surface area contributed by atoms with Gasteiger partial charge in [0.2, 0.25) is 0 Å². The van der Waals surface area contributed by atoms with Crippen LogP contribution in [0.5, 0.6) is 0 Å². The number of aromatic nitrogens is 2. The Morgan fingerprint density at radius 3 is 2.65 bits per heavy atom. The van der Waals surface area contributed by atoms with Crippen LogP contribution in [0.2, 0.25) is 0 Å². The van der Waals surface area contributed by atoms with E-state index in [-0.39, 0.29) is 5.78 Å². The van der Waals surface area contributed by atoms with Crippen LogP contribution in [-0.2, 0) is 0 Å². The number of hydrogen-bond donors (Lipinski definition) is 1. The minimum absolute atomic E-state index is 0.145. The Kier molecular flexibility index (Phi) is 1.65. The number of aromatic amines is 1. The van der Waals surface area contributed by atoms with Crippen molar-refractivity contribution in [2.24, 2.45) is 0 Å². The number of fused-ring (bicyclic) bond motifs is 3. The fraction of sp³-hybridized carbons (Fsp3) is 0.286. The van der Waals surface area contributed by atoms with Crippen molar-refractivity contribution in [3.63, 3.8) is 0 Å². The van der Waals surface area contributed by atoms with E-state index < -0.39 is 0 Å². The lowest BCUT2D eigenvalue weighted by atomic mass is 9.81. The molecule has 0 spiro atoms. The number of nitrogens with zero attached hydrogens (tertiary/aromatic N) is 1. The van der Waals surface area contributed by atoms with Crippen molar-refractivity contribution < 1.29 is 4.79 Å². The van der Waals surface area contributed by atoms with Gasteiger partial charge in [-0.2, -0.15) is 5.10 Å². The van der Waals surface area contributed by atoms with Crippen molar-refractivity contribution in [1.29, 1.82) is 0 Å². The summed E-state index contributed by atoms with van der Waals surface area (Å²) in [4.78, 5) is 12.4. The summed E-state index contributed by atoms with van der Waals surface area (Å²) in [6.07, 6.45) is 3.62. The quantitative estimate of drug-likeness (QED) is 0.690. The maximum Gasteiger partial charge on any atom is 0.197 e. The van der Waals surface area contributed by atoms with E-state index in [1.807, 2.05) is 24.3 Å². The Hall–Kier alpha value is -1.90. The molecule has 0 atom stereocenters. The van der Waals surface area contributed by atoms with Gasteiger partial charge in [-0.3, -0.25) is 9.89 Å². The fourth-order valence-electron chi connectivity index (χ4n) is 2.79. The van der Waals surface area contributed by atoms with Gasteiger partial charge in [0, 0.05) is 17.0 Å². The fourth-order valence-corrected chi connectivity index (χ4v) is 2.79. The molecule has 0 aliphatic heterocycles. The molecular formula is C14H12N2O. The van der Waals surface area contributed by atoms with Crippen LogP contribution in [0.1, 0.15) is 46.8 Å². The highest BCUT2D eigenvalue weighted by Gasteiger charge is 2.35. The first-order chi connectivity index (χ1) is 8.36. The van der Waals surface area contributed by atoms with E-state index in [9.17, 15) is 4.79 Å². The van der Waals surface area contributed by atoms with Crippen LogP contribution in [0.15, 0.2) is 24.3 Å². The van der Waals surface area contributed by atoms with E-state index in [0.29, 0.717) is 5.92 Å². The van der Waals surface area contributed by atoms with Gasteiger partial charge >= 0.3 is 0 Å². The van der Waals surface area contributed by atoms with E-state index in [0.717, 1.165) is 28.1 Å². The first-order valence-electron chi connectivity index (χ1n) is 6.08. The molecule has 2 aliphatic rings. The monoisotopic (exact) mass is 224 g/mol. The molecule has 0 saturated heterocycles. The Morgan fingerprint density at radius 2 is 1.94 bits per heavy atom. The maximum atomic E-state index is 12.4. The van der Waals surface area contributed by atoms with Crippen molar-refractivity contribution in [3.8, 4) is 11.3 Å². The summed E-state index contributed by atoms with van der Waals surface area (Å²) in [6.45, 7) is 0. The number of ketones is 1. The van der Waals surface area contributed by atoms with E-state index in [2.05, 4.69) is 10.2 Å². The molecule has 2 aromatic rings. The second-order valence-electron chi connectivity index (χ2n) is 4.86. The van der Waals surface area contributed by atoms with Crippen molar-refractivity contribution in [2.75, 3.05) is 0 Å². The molecule has 1 fully saturated rings. The predicted molar refractivity (Wildman–Crippen MR) is 64.0 cm³/mol. The second kappa shape index (κ2) is 3.06. The summed E-state index contributed by atoms with van der Waals surface area (Å²) in [7, 11) is 0. The van der Waals surface area contributed by atoms with Gasteiger partial charge in [-0.25, -0.2) is 0 Å². The van der Waals surface area contributed by atoms with Gasteiger partial charge < -0.3 is 0 Å². The molecule has 0 bridgehead atoms. The van der Waals surface area contributed by atoms with Gasteiger partial charge in [0.1, 0.15) is 5.69 Å². The molecule has 84 valence electrons. The van der Waals surface area contributed by atoms with Crippen molar-refractivity contribution in [2.45, 2.75) is 25.2 Å². The number of rotatable bonds is 1. The van der Waals surface area contributed by atoms with E-state index >= 15 is 0 Å². The van der Waals surface area contributed by atoms with Crippen LogP contribution in [0, 0.1) is 0 Å². The van der Waals surface area contributed by atoms with Crippen molar-refractivity contribution >= 4 is 5.78 Å². The minimum atomic E-state index is 0.145. The Balaban J connectivity index is 1.94. The first-order valence-corrected chi connectivity index (χ1v) is 6.08. The molecule has 0 radical (unpaired) electrons. The Morgan fingerprint density at radius 1 is 1.18 bits per heavy atom. The van der Waals surface area contributed by atoms with Gasteiger partial charge in [-0.1, -0.05) is 30.7 Å². The van der Waals surface area contributed by atoms with Crippen molar-refractivity contribution in [1.82, 2.24) is 10.2 Å². The summed E-state index contributed by atoms with van der Waals surface area (Å²) < 4.78 is 0. The summed E-state index contributed by atoms with van der Waals surface area (Å²) in [5.41, 5.74) is 4.53. The Bertz CT molecular complexity index is 623. The predicted octanol–water partition coefficient (Wildman–Crippen LogP) is 2.89. The average molecular weight is 224 g/mol. The molecule has 0 unspecified atom stereocenters. The lowest BCUT2D eigenvalue weighted by Gasteiger charge is -2.24. The number of carbonyl (C=O) groups excluding carboxylic acids is 1. The van der Waals surface area contributed by atoms with Crippen LogP contribution in [-0.4, -0.2) is 16.0 Å². The molecule has 4 rings (SSSR count). The third-order valence-electron chi connectivity index (χ3n) is 3.96. The standard InChI is InChI=1S/C14H12N2O/c17-14-10-7-2-1-6-9(10)13-11(14)12(15-16-13)8-4-3-5-8/h1-2,6-8H,3-5H2,(H,15,16). The second-order valence-corrected chi connectivity index (χ2v) is 4.86. The smallest absolute Gasteiger partial charge is 0.197 e. The lowest BCUT2D eigenvalue weighted by molar-refractivity contribution is 0.104. The molecule has 0 amide bonds. The number of carbonyl (C=O) groups is 1. The van der Waals surface area contributed by atoms with Crippen LogP contribution in [0.3, 0.4) is 0 Å². The van der Waals surface area contributed by atoms with Crippen molar-refractivity contribution in [3.05, 3.63) is 41.1 Å². The molecule has 1 heterocycles. The van der Waals surface area contributed by atoms with Gasteiger partial charge in [-0.05, 0) is 12.8 Å². The van der Waals surface area contributed by atoms with Crippen LogP contribution >= 0.6 is 0 Å². The molecule has 1 saturated carbocycles. The topological polar surface area (TPSA) is 45.8 Å². The molecule has 1 aromatic heterocycles.